The Morgan fingerprint density at radius 3 is 2.80 bits per heavy atom. The zero-order valence-electron chi connectivity index (χ0n) is 11.7. The van der Waals surface area contributed by atoms with Gasteiger partial charge in [-0.25, -0.2) is 0 Å². The van der Waals surface area contributed by atoms with E-state index in [1.807, 2.05) is 12.1 Å². The average molecular weight is 295 g/mol. The standard InChI is InChI=1S/C15H21NO3S/c1-18-11-3-2-10-8-14(15(16)13(10)9-11)20(17)12-4-6-19-7-5-12/h2-3,9,12,14-15H,4-8,16H2,1H3. The van der Waals surface area contributed by atoms with Crippen molar-refractivity contribution in [1.29, 1.82) is 0 Å². The van der Waals surface area contributed by atoms with Crippen molar-refractivity contribution in [2.75, 3.05) is 20.3 Å². The summed E-state index contributed by atoms with van der Waals surface area (Å²) in [6, 6.07) is 5.84. The number of nitrogens with two attached hydrogens (primary N) is 1. The van der Waals surface area contributed by atoms with E-state index in [1.165, 1.54) is 5.56 Å². The molecule has 1 heterocycles. The maximum absolute atomic E-state index is 12.8. The molecule has 1 saturated heterocycles. The second-order valence-electron chi connectivity index (χ2n) is 5.47. The quantitative estimate of drug-likeness (QED) is 0.919. The van der Waals surface area contributed by atoms with Crippen LogP contribution in [0.1, 0.15) is 30.0 Å². The molecule has 0 aromatic heterocycles. The topological polar surface area (TPSA) is 61.5 Å². The van der Waals surface area contributed by atoms with Crippen molar-refractivity contribution in [3.05, 3.63) is 29.3 Å². The van der Waals surface area contributed by atoms with Gasteiger partial charge in [-0.2, -0.15) is 0 Å². The Bertz CT molecular complexity index is 514. The lowest BCUT2D eigenvalue weighted by Gasteiger charge is -2.26. The maximum Gasteiger partial charge on any atom is 0.119 e. The lowest BCUT2D eigenvalue weighted by atomic mass is 10.1. The Kier molecular flexibility index (Phi) is 4.10. The van der Waals surface area contributed by atoms with Crippen LogP contribution in [-0.4, -0.2) is 35.0 Å². The van der Waals surface area contributed by atoms with Crippen LogP contribution in [0.4, 0.5) is 0 Å². The molecule has 0 spiro atoms. The summed E-state index contributed by atoms with van der Waals surface area (Å²) < 4.78 is 23.4. The van der Waals surface area contributed by atoms with Crippen molar-refractivity contribution in [3.8, 4) is 5.75 Å². The van der Waals surface area contributed by atoms with Gasteiger partial charge in [-0.3, -0.25) is 4.21 Å². The molecule has 5 heteroatoms. The van der Waals surface area contributed by atoms with Gasteiger partial charge in [-0.05, 0) is 42.5 Å². The predicted molar refractivity (Wildman–Crippen MR) is 79.4 cm³/mol. The molecule has 2 N–H and O–H groups in total. The zero-order chi connectivity index (χ0) is 14.1. The van der Waals surface area contributed by atoms with Crippen molar-refractivity contribution in [3.63, 3.8) is 0 Å². The van der Waals surface area contributed by atoms with Gasteiger partial charge in [-0.1, -0.05) is 6.07 Å². The number of fused-ring (bicyclic) bond motifs is 1. The van der Waals surface area contributed by atoms with E-state index in [0.29, 0.717) is 0 Å². The Hall–Kier alpha value is -0.910. The minimum absolute atomic E-state index is 0.0280. The van der Waals surface area contributed by atoms with E-state index in [-0.39, 0.29) is 16.5 Å². The number of hydrogen-bond donors (Lipinski definition) is 1. The molecule has 4 nitrogen and oxygen atoms in total. The highest BCUT2D eigenvalue weighted by atomic mass is 32.2. The Morgan fingerprint density at radius 1 is 1.35 bits per heavy atom. The van der Waals surface area contributed by atoms with Crippen molar-refractivity contribution in [2.24, 2.45) is 5.73 Å². The number of hydrogen-bond acceptors (Lipinski definition) is 4. The molecular formula is C15H21NO3S. The van der Waals surface area contributed by atoms with Gasteiger partial charge in [0.1, 0.15) is 5.75 Å². The fourth-order valence-corrected chi connectivity index (χ4v) is 5.05. The molecule has 3 atom stereocenters. The highest BCUT2D eigenvalue weighted by molar-refractivity contribution is 7.86. The van der Waals surface area contributed by atoms with Gasteiger partial charge in [-0.15, -0.1) is 0 Å². The van der Waals surface area contributed by atoms with E-state index in [0.717, 1.165) is 43.8 Å². The molecule has 3 unspecified atom stereocenters. The van der Waals surface area contributed by atoms with Gasteiger partial charge in [0, 0.05) is 35.3 Å². The molecule has 0 amide bonds. The SMILES string of the molecule is COc1ccc2c(c1)C(N)C(S(=O)C1CCOCC1)C2. The molecule has 1 aromatic rings. The van der Waals surface area contributed by atoms with E-state index >= 15 is 0 Å². The molecule has 110 valence electrons. The monoisotopic (exact) mass is 295 g/mol. The van der Waals surface area contributed by atoms with Crippen molar-refractivity contribution >= 4 is 10.8 Å². The third-order valence-electron chi connectivity index (χ3n) is 4.33. The molecule has 0 saturated carbocycles. The first-order chi connectivity index (χ1) is 9.70. The molecule has 1 fully saturated rings. The Balaban J connectivity index is 1.78. The van der Waals surface area contributed by atoms with Crippen LogP contribution in [0.2, 0.25) is 0 Å². The van der Waals surface area contributed by atoms with E-state index in [9.17, 15) is 4.21 Å². The van der Waals surface area contributed by atoms with E-state index in [2.05, 4.69) is 6.07 Å². The summed E-state index contributed by atoms with van der Waals surface area (Å²) in [5, 5.41) is 0.260. The normalized spacial score (nSPS) is 28.1. The van der Waals surface area contributed by atoms with Crippen molar-refractivity contribution in [2.45, 2.75) is 35.8 Å². The molecule has 0 bridgehead atoms. The summed E-state index contributed by atoms with van der Waals surface area (Å²) in [4.78, 5) is 0. The molecule has 1 aliphatic carbocycles. The molecule has 3 rings (SSSR count). The van der Waals surface area contributed by atoms with Crippen LogP contribution in [0.25, 0.3) is 0 Å². The molecule has 1 aromatic carbocycles. The average Bonchev–Trinajstić information content (AvgIpc) is 2.84. The number of ether oxygens (including phenoxy) is 2. The lowest BCUT2D eigenvalue weighted by molar-refractivity contribution is 0.0990. The summed E-state index contributed by atoms with van der Waals surface area (Å²) in [6.07, 6.45) is 2.58. The minimum atomic E-state index is -0.893. The van der Waals surface area contributed by atoms with E-state index in [1.54, 1.807) is 7.11 Å². The lowest BCUT2D eigenvalue weighted by Crippen LogP contribution is -2.35. The van der Waals surface area contributed by atoms with E-state index in [4.69, 9.17) is 15.2 Å². The molecule has 20 heavy (non-hydrogen) atoms. The van der Waals surface area contributed by atoms with Crippen LogP contribution >= 0.6 is 0 Å². The van der Waals surface area contributed by atoms with Gasteiger partial charge in [0.25, 0.3) is 0 Å². The van der Waals surface area contributed by atoms with E-state index < -0.39 is 10.8 Å². The van der Waals surface area contributed by atoms with Gasteiger partial charge in [0.05, 0.1) is 12.4 Å². The van der Waals surface area contributed by atoms with Crippen molar-refractivity contribution in [1.82, 2.24) is 0 Å². The summed E-state index contributed by atoms with van der Waals surface area (Å²) in [7, 11) is 0.760. The summed E-state index contributed by atoms with van der Waals surface area (Å²) in [6.45, 7) is 1.44. The largest absolute Gasteiger partial charge is 0.497 e. The van der Waals surface area contributed by atoms with Crippen LogP contribution in [0.5, 0.6) is 5.75 Å². The predicted octanol–water partition coefficient (Wildman–Crippen LogP) is 1.55. The summed E-state index contributed by atoms with van der Waals surface area (Å²) >= 11 is 0. The first kappa shape index (κ1) is 14.0. The second-order valence-corrected chi connectivity index (χ2v) is 7.40. The highest BCUT2D eigenvalue weighted by Crippen LogP contribution is 2.36. The fraction of sp³-hybridized carbons (Fsp3) is 0.600. The molecule has 1 aliphatic heterocycles. The molecular weight excluding hydrogens is 274 g/mol. The zero-order valence-corrected chi connectivity index (χ0v) is 12.5. The van der Waals surface area contributed by atoms with Crippen LogP contribution < -0.4 is 10.5 Å². The molecule has 2 aliphatic rings. The van der Waals surface area contributed by atoms with Crippen molar-refractivity contribution < 1.29 is 13.7 Å². The Labute approximate surface area is 122 Å². The smallest absolute Gasteiger partial charge is 0.119 e. The second kappa shape index (κ2) is 5.84. The van der Waals surface area contributed by atoms with Crippen LogP contribution in [0.3, 0.4) is 0 Å². The van der Waals surface area contributed by atoms with Gasteiger partial charge < -0.3 is 15.2 Å². The van der Waals surface area contributed by atoms with Gasteiger partial charge in [0.15, 0.2) is 0 Å². The maximum atomic E-state index is 12.8. The Morgan fingerprint density at radius 2 is 2.10 bits per heavy atom. The summed E-state index contributed by atoms with van der Waals surface area (Å²) in [5.41, 5.74) is 8.65. The third kappa shape index (κ3) is 2.50. The van der Waals surface area contributed by atoms with Crippen LogP contribution in [0.15, 0.2) is 18.2 Å². The highest BCUT2D eigenvalue weighted by Gasteiger charge is 2.37. The van der Waals surface area contributed by atoms with Gasteiger partial charge >= 0.3 is 0 Å². The van der Waals surface area contributed by atoms with Crippen LogP contribution in [-0.2, 0) is 22.0 Å². The first-order valence-corrected chi connectivity index (χ1v) is 8.38. The summed E-state index contributed by atoms with van der Waals surface area (Å²) in [5.74, 6) is 0.816. The third-order valence-corrected chi connectivity index (χ3v) is 6.51. The van der Waals surface area contributed by atoms with Gasteiger partial charge in [0.2, 0.25) is 0 Å². The molecule has 0 radical (unpaired) electrons. The fourth-order valence-electron chi connectivity index (χ4n) is 3.12. The first-order valence-electron chi connectivity index (χ1n) is 7.10. The number of benzene rings is 1. The van der Waals surface area contributed by atoms with Crippen LogP contribution in [0, 0.1) is 0 Å². The number of methoxy groups -OCH3 is 1. The minimum Gasteiger partial charge on any atom is -0.497 e. The number of rotatable bonds is 3.